The predicted octanol–water partition coefficient (Wildman–Crippen LogP) is 1.57. The highest BCUT2D eigenvalue weighted by Gasteiger charge is 2.40. The van der Waals surface area contributed by atoms with Crippen LogP contribution in [-0.4, -0.2) is 54.8 Å². The average molecular weight is 246 g/mol. The van der Waals surface area contributed by atoms with E-state index >= 15 is 0 Å². The second kappa shape index (κ2) is 6.84. The van der Waals surface area contributed by atoms with E-state index in [1.54, 1.807) is 7.11 Å². The van der Waals surface area contributed by atoms with E-state index in [2.05, 4.69) is 18.7 Å². The van der Waals surface area contributed by atoms with E-state index in [4.69, 9.17) is 10.5 Å². The largest absolute Gasteiger partial charge is 0.383 e. The summed E-state index contributed by atoms with van der Waals surface area (Å²) in [5.74, 6) is 2.43. The van der Waals surface area contributed by atoms with E-state index < -0.39 is 0 Å². The molecule has 1 fully saturated rings. The summed E-state index contributed by atoms with van der Waals surface area (Å²) in [6.45, 7) is 7.13. The lowest BCUT2D eigenvalue weighted by atomic mass is 9.94. The van der Waals surface area contributed by atoms with Gasteiger partial charge in [-0.25, -0.2) is 0 Å². The van der Waals surface area contributed by atoms with Crippen molar-refractivity contribution in [1.82, 2.24) is 4.90 Å². The van der Waals surface area contributed by atoms with Gasteiger partial charge in [0.15, 0.2) is 0 Å². The fraction of sp³-hybridized carbons (Fsp3) is 1.00. The van der Waals surface area contributed by atoms with Gasteiger partial charge >= 0.3 is 0 Å². The molecule has 1 saturated heterocycles. The van der Waals surface area contributed by atoms with Crippen LogP contribution in [0.5, 0.6) is 0 Å². The zero-order valence-electron chi connectivity index (χ0n) is 10.9. The van der Waals surface area contributed by atoms with Crippen molar-refractivity contribution in [1.29, 1.82) is 0 Å². The highest BCUT2D eigenvalue weighted by molar-refractivity contribution is 7.99. The molecule has 16 heavy (non-hydrogen) atoms. The van der Waals surface area contributed by atoms with Crippen LogP contribution in [0.4, 0.5) is 0 Å². The fourth-order valence-corrected chi connectivity index (χ4v) is 3.91. The molecule has 1 aliphatic rings. The van der Waals surface area contributed by atoms with E-state index in [0.29, 0.717) is 6.04 Å². The summed E-state index contributed by atoms with van der Waals surface area (Å²) >= 11 is 2.03. The van der Waals surface area contributed by atoms with Crippen LogP contribution < -0.4 is 5.73 Å². The molecular formula is C12H26N2OS. The van der Waals surface area contributed by atoms with Crippen LogP contribution in [0.2, 0.25) is 0 Å². The number of nitrogens with two attached hydrogens (primary N) is 1. The number of hydrogen-bond acceptors (Lipinski definition) is 4. The maximum absolute atomic E-state index is 6.04. The molecule has 1 rings (SSSR count). The van der Waals surface area contributed by atoms with Gasteiger partial charge in [-0.15, -0.1) is 0 Å². The number of rotatable bonds is 7. The van der Waals surface area contributed by atoms with Crippen LogP contribution in [0, 0.1) is 0 Å². The van der Waals surface area contributed by atoms with Crippen LogP contribution >= 0.6 is 11.8 Å². The van der Waals surface area contributed by atoms with E-state index in [9.17, 15) is 0 Å². The first-order valence-corrected chi connectivity index (χ1v) is 7.39. The summed E-state index contributed by atoms with van der Waals surface area (Å²) in [6, 6.07) is 0.595. The van der Waals surface area contributed by atoms with Gasteiger partial charge in [-0.1, -0.05) is 6.92 Å². The SMILES string of the molecule is CCC(C)N(CCOC)C1(CN)CCSC1. The Kier molecular flexibility index (Phi) is 6.11. The van der Waals surface area contributed by atoms with Gasteiger partial charge < -0.3 is 10.5 Å². The van der Waals surface area contributed by atoms with E-state index in [1.165, 1.54) is 24.3 Å². The van der Waals surface area contributed by atoms with Gasteiger partial charge in [0.1, 0.15) is 0 Å². The van der Waals surface area contributed by atoms with Crippen molar-refractivity contribution in [3.63, 3.8) is 0 Å². The highest BCUT2D eigenvalue weighted by Crippen LogP contribution is 2.34. The monoisotopic (exact) mass is 246 g/mol. The van der Waals surface area contributed by atoms with Crippen LogP contribution in [0.3, 0.4) is 0 Å². The number of thioether (sulfide) groups is 1. The van der Waals surface area contributed by atoms with Gasteiger partial charge in [-0.2, -0.15) is 11.8 Å². The summed E-state index contributed by atoms with van der Waals surface area (Å²) < 4.78 is 5.23. The smallest absolute Gasteiger partial charge is 0.0590 e. The summed E-state index contributed by atoms with van der Waals surface area (Å²) in [6.07, 6.45) is 2.40. The lowest BCUT2D eigenvalue weighted by Gasteiger charge is -2.43. The van der Waals surface area contributed by atoms with Crippen molar-refractivity contribution in [2.24, 2.45) is 5.73 Å². The second-order valence-corrected chi connectivity index (χ2v) is 5.78. The molecule has 0 aromatic carbocycles. The van der Waals surface area contributed by atoms with Gasteiger partial charge in [0.2, 0.25) is 0 Å². The molecule has 2 atom stereocenters. The van der Waals surface area contributed by atoms with Crippen molar-refractivity contribution in [2.45, 2.75) is 38.3 Å². The van der Waals surface area contributed by atoms with Gasteiger partial charge in [0.25, 0.3) is 0 Å². The van der Waals surface area contributed by atoms with Crippen LogP contribution in [0.25, 0.3) is 0 Å². The molecule has 0 aliphatic carbocycles. The van der Waals surface area contributed by atoms with Gasteiger partial charge in [0, 0.05) is 37.5 Å². The Morgan fingerprint density at radius 2 is 2.31 bits per heavy atom. The Hall–Kier alpha value is 0.230. The Balaban J connectivity index is 2.71. The van der Waals surface area contributed by atoms with E-state index in [1.807, 2.05) is 11.8 Å². The van der Waals surface area contributed by atoms with Crippen molar-refractivity contribution >= 4 is 11.8 Å². The van der Waals surface area contributed by atoms with Crippen molar-refractivity contribution in [3.05, 3.63) is 0 Å². The third-order valence-electron chi connectivity index (χ3n) is 3.73. The minimum atomic E-state index is 0.221. The molecule has 0 saturated carbocycles. The first-order valence-electron chi connectivity index (χ1n) is 6.23. The minimum absolute atomic E-state index is 0.221. The Bertz CT molecular complexity index is 195. The van der Waals surface area contributed by atoms with Gasteiger partial charge in [-0.3, -0.25) is 4.90 Å². The van der Waals surface area contributed by atoms with Crippen LogP contribution in [-0.2, 0) is 4.74 Å². The Labute approximate surface area is 104 Å². The van der Waals surface area contributed by atoms with E-state index in [-0.39, 0.29) is 5.54 Å². The van der Waals surface area contributed by atoms with Crippen molar-refractivity contribution < 1.29 is 4.74 Å². The Morgan fingerprint density at radius 3 is 2.75 bits per heavy atom. The second-order valence-electron chi connectivity index (χ2n) is 4.67. The van der Waals surface area contributed by atoms with Crippen LogP contribution in [0.1, 0.15) is 26.7 Å². The molecule has 1 heterocycles. The van der Waals surface area contributed by atoms with Crippen LogP contribution in [0.15, 0.2) is 0 Å². The lowest BCUT2D eigenvalue weighted by molar-refractivity contribution is 0.0419. The molecule has 0 aromatic heterocycles. The normalized spacial score (nSPS) is 27.6. The van der Waals surface area contributed by atoms with Gasteiger partial charge in [-0.05, 0) is 25.5 Å². The molecule has 4 heteroatoms. The zero-order chi connectivity index (χ0) is 12.0. The average Bonchev–Trinajstić information content (AvgIpc) is 2.79. The predicted molar refractivity (Wildman–Crippen MR) is 72.1 cm³/mol. The molecule has 2 unspecified atom stereocenters. The lowest BCUT2D eigenvalue weighted by Crippen LogP contribution is -2.58. The number of ether oxygens (including phenoxy) is 1. The highest BCUT2D eigenvalue weighted by atomic mass is 32.2. The first kappa shape index (κ1) is 14.3. The molecule has 0 spiro atoms. The molecule has 0 radical (unpaired) electrons. The quantitative estimate of drug-likeness (QED) is 0.740. The molecule has 3 nitrogen and oxygen atoms in total. The molecular weight excluding hydrogens is 220 g/mol. The maximum atomic E-state index is 6.04. The first-order chi connectivity index (χ1) is 7.70. The number of hydrogen-bond donors (Lipinski definition) is 1. The third-order valence-corrected chi connectivity index (χ3v) is 4.97. The minimum Gasteiger partial charge on any atom is -0.383 e. The summed E-state index contributed by atoms with van der Waals surface area (Å²) in [5.41, 5.74) is 6.26. The van der Waals surface area contributed by atoms with Gasteiger partial charge in [0.05, 0.1) is 6.61 Å². The Morgan fingerprint density at radius 1 is 1.56 bits per heavy atom. The number of nitrogens with zero attached hydrogens (tertiary/aromatic N) is 1. The van der Waals surface area contributed by atoms with E-state index in [0.717, 1.165) is 19.7 Å². The standard InChI is InChI=1S/C12H26N2OS/c1-4-11(2)14(6-7-15-3)12(9-13)5-8-16-10-12/h11H,4-10,13H2,1-3H3. The molecule has 1 aliphatic heterocycles. The molecule has 0 amide bonds. The molecule has 0 aromatic rings. The summed E-state index contributed by atoms with van der Waals surface area (Å²) in [7, 11) is 1.77. The summed E-state index contributed by atoms with van der Waals surface area (Å²) in [5, 5.41) is 0. The van der Waals surface area contributed by atoms with Crippen molar-refractivity contribution in [3.8, 4) is 0 Å². The van der Waals surface area contributed by atoms with Crippen molar-refractivity contribution in [2.75, 3.05) is 38.3 Å². The topological polar surface area (TPSA) is 38.5 Å². The zero-order valence-corrected chi connectivity index (χ0v) is 11.7. The maximum Gasteiger partial charge on any atom is 0.0590 e. The molecule has 2 N–H and O–H groups in total. The number of methoxy groups -OCH3 is 1. The summed E-state index contributed by atoms with van der Waals surface area (Å²) in [4.78, 5) is 2.58. The molecule has 96 valence electrons. The fourth-order valence-electron chi connectivity index (χ4n) is 2.44. The molecule has 0 bridgehead atoms. The third kappa shape index (κ3) is 3.13.